The van der Waals surface area contributed by atoms with E-state index in [2.05, 4.69) is 0 Å². The molecule has 0 saturated carbocycles. The van der Waals surface area contributed by atoms with Crippen LogP contribution >= 0.6 is 0 Å². The molecule has 0 aliphatic carbocycles. The van der Waals surface area contributed by atoms with Crippen LogP contribution < -0.4 is 10.5 Å². The van der Waals surface area contributed by atoms with Crippen LogP contribution in [0.25, 0.3) is 0 Å². The largest absolute Gasteiger partial charge is 0.492 e. The first kappa shape index (κ1) is 17.3. The van der Waals surface area contributed by atoms with Gasteiger partial charge in [0, 0.05) is 20.3 Å². The molecule has 1 aromatic carbocycles. The van der Waals surface area contributed by atoms with Crippen molar-refractivity contribution in [3.05, 3.63) is 23.8 Å². The van der Waals surface area contributed by atoms with Crippen molar-refractivity contribution >= 4 is 11.7 Å². The lowest BCUT2D eigenvalue weighted by Crippen LogP contribution is -2.12. The number of ether oxygens (including phenoxy) is 4. The Hall–Kier alpha value is -1.79. The summed E-state index contributed by atoms with van der Waals surface area (Å²) in [4.78, 5) is 11.8. The summed E-state index contributed by atoms with van der Waals surface area (Å²) in [5.74, 6) is 0.140. The highest BCUT2D eigenvalue weighted by atomic mass is 16.6. The fraction of sp³-hybridized carbons (Fsp3) is 0.533. The Kier molecular flexibility index (Phi) is 8.23. The Morgan fingerprint density at radius 3 is 2.67 bits per heavy atom. The number of esters is 1. The smallest absolute Gasteiger partial charge is 0.338 e. The van der Waals surface area contributed by atoms with Gasteiger partial charge in [-0.25, -0.2) is 4.79 Å². The Morgan fingerprint density at radius 1 is 1.19 bits per heavy atom. The van der Waals surface area contributed by atoms with Crippen LogP contribution in [0.3, 0.4) is 0 Å². The zero-order chi connectivity index (χ0) is 15.5. The second kappa shape index (κ2) is 10.0. The normalized spacial score (nSPS) is 10.4. The quantitative estimate of drug-likeness (QED) is 0.403. The zero-order valence-corrected chi connectivity index (χ0v) is 12.6. The van der Waals surface area contributed by atoms with Gasteiger partial charge in [0.25, 0.3) is 0 Å². The third-order valence-electron chi connectivity index (χ3n) is 2.64. The van der Waals surface area contributed by atoms with E-state index in [-0.39, 0.29) is 6.61 Å². The SMILES string of the molecule is CCOc1ccc(C(=O)OCCOCCCOC)cc1N. The van der Waals surface area contributed by atoms with Crippen molar-refractivity contribution in [2.24, 2.45) is 0 Å². The number of hydrogen-bond acceptors (Lipinski definition) is 6. The number of nitrogen functional groups attached to an aromatic ring is 1. The van der Waals surface area contributed by atoms with Gasteiger partial charge < -0.3 is 24.7 Å². The van der Waals surface area contributed by atoms with E-state index in [0.29, 0.717) is 43.4 Å². The molecule has 0 amide bonds. The van der Waals surface area contributed by atoms with Crippen molar-refractivity contribution in [2.75, 3.05) is 45.9 Å². The van der Waals surface area contributed by atoms with Gasteiger partial charge in [-0.1, -0.05) is 0 Å². The van der Waals surface area contributed by atoms with E-state index < -0.39 is 5.97 Å². The van der Waals surface area contributed by atoms with Gasteiger partial charge in [0.2, 0.25) is 0 Å². The topological polar surface area (TPSA) is 80.0 Å². The van der Waals surface area contributed by atoms with Crippen molar-refractivity contribution in [2.45, 2.75) is 13.3 Å². The van der Waals surface area contributed by atoms with Gasteiger partial charge in [0.05, 0.1) is 24.5 Å². The van der Waals surface area contributed by atoms with E-state index in [4.69, 9.17) is 24.7 Å². The maximum Gasteiger partial charge on any atom is 0.338 e. The molecule has 0 spiro atoms. The summed E-state index contributed by atoms with van der Waals surface area (Å²) >= 11 is 0. The maximum atomic E-state index is 11.8. The molecule has 6 heteroatoms. The maximum absolute atomic E-state index is 11.8. The van der Waals surface area contributed by atoms with Crippen molar-refractivity contribution in [1.82, 2.24) is 0 Å². The van der Waals surface area contributed by atoms with Gasteiger partial charge in [0.1, 0.15) is 12.4 Å². The van der Waals surface area contributed by atoms with Crippen molar-refractivity contribution in [3.63, 3.8) is 0 Å². The van der Waals surface area contributed by atoms with Crippen LogP contribution in [-0.4, -0.2) is 46.1 Å². The summed E-state index contributed by atoms with van der Waals surface area (Å²) in [7, 11) is 1.64. The summed E-state index contributed by atoms with van der Waals surface area (Å²) < 4.78 is 20.6. The number of nitrogens with two attached hydrogens (primary N) is 1. The second-order valence-corrected chi connectivity index (χ2v) is 4.28. The average molecular weight is 297 g/mol. The van der Waals surface area contributed by atoms with E-state index in [1.807, 2.05) is 6.92 Å². The predicted octanol–water partition coefficient (Wildman–Crippen LogP) is 1.88. The van der Waals surface area contributed by atoms with Gasteiger partial charge >= 0.3 is 5.97 Å². The summed E-state index contributed by atoms with van der Waals surface area (Å²) in [6.45, 7) is 4.20. The summed E-state index contributed by atoms with van der Waals surface area (Å²) in [5, 5.41) is 0. The van der Waals surface area contributed by atoms with Gasteiger partial charge in [-0.2, -0.15) is 0 Å². The van der Waals surface area contributed by atoms with Crippen LogP contribution in [0, 0.1) is 0 Å². The molecule has 0 radical (unpaired) electrons. The van der Waals surface area contributed by atoms with Crippen LogP contribution in [0.4, 0.5) is 5.69 Å². The van der Waals surface area contributed by atoms with Crippen LogP contribution in [0.5, 0.6) is 5.75 Å². The fourth-order valence-electron chi connectivity index (χ4n) is 1.65. The monoisotopic (exact) mass is 297 g/mol. The highest BCUT2D eigenvalue weighted by molar-refractivity contribution is 5.91. The molecule has 1 rings (SSSR count). The number of hydrogen-bond donors (Lipinski definition) is 1. The van der Waals surface area contributed by atoms with Crippen LogP contribution in [0.1, 0.15) is 23.7 Å². The number of carbonyl (C=O) groups is 1. The first-order chi connectivity index (χ1) is 10.2. The molecular formula is C15H23NO5. The minimum absolute atomic E-state index is 0.207. The molecule has 0 heterocycles. The van der Waals surface area contributed by atoms with Crippen LogP contribution in [-0.2, 0) is 14.2 Å². The molecule has 0 bridgehead atoms. The van der Waals surface area contributed by atoms with E-state index in [9.17, 15) is 4.79 Å². The number of methoxy groups -OCH3 is 1. The molecule has 0 fully saturated rings. The summed E-state index contributed by atoms with van der Waals surface area (Å²) in [6, 6.07) is 4.84. The van der Waals surface area contributed by atoms with Crippen molar-refractivity contribution in [1.29, 1.82) is 0 Å². The van der Waals surface area contributed by atoms with Gasteiger partial charge in [-0.3, -0.25) is 0 Å². The first-order valence-electron chi connectivity index (χ1n) is 6.95. The van der Waals surface area contributed by atoms with Gasteiger partial charge in [-0.15, -0.1) is 0 Å². The molecule has 0 aromatic heterocycles. The molecule has 21 heavy (non-hydrogen) atoms. The van der Waals surface area contributed by atoms with E-state index >= 15 is 0 Å². The van der Waals surface area contributed by atoms with Gasteiger partial charge in [0.15, 0.2) is 0 Å². The number of carbonyl (C=O) groups excluding carboxylic acids is 1. The Morgan fingerprint density at radius 2 is 2.00 bits per heavy atom. The predicted molar refractivity (Wildman–Crippen MR) is 79.6 cm³/mol. The molecular weight excluding hydrogens is 274 g/mol. The van der Waals surface area contributed by atoms with E-state index in [0.717, 1.165) is 6.42 Å². The number of rotatable bonds is 10. The summed E-state index contributed by atoms with van der Waals surface area (Å²) in [5.41, 5.74) is 6.62. The number of anilines is 1. The highest BCUT2D eigenvalue weighted by Gasteiger charge is 2.10. The van der Waals surface area contributed by atoms with E-state index in [1.54, 1.807) is 25.3 Å². The molecule has 0 aliphatic rings. The van der Waals surface area contributed by atoms with Crippen molar-refractivity contribution < 1.29 is 23.7 Å². The second-order valence-electron chi connectivity index (χ2n) is 4.28. The Labute approximate surface area is 125 Å². The minimum atomic E-state index is -0.426. The fourth-order valence-corrected chi connectivity index (χ4v) is 1.65. The first-order valence-corrected chi connectivity index (χ1v) is 6.95. The number of benzene rings is 1. The van der Waals surface area contributed by atoms with Crippen LogP contribution in [0.2, 0.25) is 0 Å². The highest BCUT2D eigenvalue weighted by Crippen LogP contribution is 2.22. The molecule has 0 atom stereocenters. The molecule has 1 aromatic rings. The lowest BCUT2D eigenvalue weighted by Gasteiger charge is -2.09. The Balaban J connectivity index is 2.30. The molecule has 6 nitrogen and oxygen atoms in total. The molecule has 2 N–H and O–H groups in total. The Bertz CT molecular complexity index is 436. The molecule has 118 valence electrons. The lowest BCUT2D eigenvalue weighted by molar-refractivity contribution is 0.0288. The lowest BCUT2D eigenvalue weighted by atomic mass is 10.2. The minimum Gasteiger partial charge on any atom is -0.492 e. The molecule has 0 unspecified atom stereocenters. The molecule has 0 saturated heterocycles. The van der Waals surface area contributed by atoms with E-state index in [1.165, 1.54) is 0 Å². The zero-order valence-electron chi connectivity index (χ0n) is 12.6. The van der Waals surface area contributed by atoms with Crippen molar-refractivity contribution in [3.8, 4) is 5.75 Å². The molecule has 0 aliphatic heterocycles. The van der Waals surface area contributed by atoms with Crippen LogP contribution in [0.15, 0.2) is 18.2 Å². The third kappa shape index (κ3) is 6.46. The standard InChI is InChI=1S/C15H23NO5/c1-3-20-14-6-5-12(11-13(14)16)15(17)21-10-9-19-8-4-7-18-2/h5-6,11H,3-4,7-10,16H2,1-2H3. The average Bonchev–Trinajstić information content (AvgIpc) is 2.48. The van der Waals surface area contributed by atoms with Gasteiger partial charge in [-0.05, 0) is 31.5 Å². The third-order valence-corrected chi connectivity index (χ3v) is 2.64. The summed E-state index contributed by atoms with van der Waals surface area (Å²) in [6.07, 6.45) is 0.819.